The molecule has 3 atom stereocenters. The Morgan fingerprint density at radius 2 is 1.95 bits per heavy atom. The topological polar surface area (TPSA) is 129 Å². The van der Waals surface area contributed by atoms with Gasteiger partial charge in [-0.15, -0.1) is 0 Å². The molecule has 0 bridgehead atoms. The molecule has 1 saturated heterocycles. The number of carboxylic acid groups (broad SMARTS) is 1. The normalized spacial score (nSPS) is 21.2. The minimum Gasteiger partial charge on any atom is -0.481 e. The average molecular weight is 582 g/mol. The first-order chi connectivity index (χ1) is 20.4. The predicted molar refractivity (Wildman–Crippen MR) is 152 cm³/mol. The number of fused-ring (bicyclic) bond motifs is 2. The number of aliphatic hydroxyl groups is 1. The lowest BCUT2D eigenvalue weighted by Gasteiger charge is -2.30. The fraction of sp³-hybridized carbons (Fsp3) is 0.516. The number of aliphatic carboxylic acids is 1. The monoisotopic (exact) mass is 581 g/mol. The van der Waals surface area contributed by atoms with Crippen LogP contribution in [-0.4, -0.2) is 88.5 Å². The summed E-state index contributed by atoms with van der Waals surface area (Å²) in [6, 6.07) is 10.5. The maximum atomic E-state index is 13.5. The van der Waals surface area contributed by atoms with Gasteiger partial charge in [-0.2, -0.15) is 0 Å². The van der Waals surface area contributed by atoms with Crippen LogP contribution < -0.4 is 9.47 Å². The van der Waals surface area contributed by atoms with Gasteiger partial charge in [0.1, 0.15) is 0 Å². The predicted octanol–water partition coefficient (Wildman–Crippen LogP) is 3.00. The third kappa shape index (κ3) is 5.95. The molecule has 0 saturated carbocycles. The zero-order valence-corrected chi connectivity index (χ0v) is 24.2. The van der Waals surface area contributed by atoms with Gasteiger partial charge in [-0.05, 0) is 48.6 Å². The smallest absolute Gasteiger partial charge is 0.308 e. The van der Waals surface area contributed by atoms with E-state index in [0.29, 0.717) is 67.4 Å². The number of hydrogen-bond donors (Lipinski definition) is 2. The molecular formula is C31H39N3O8. The number of hydrogen-bond acceptors (Lipinski definition) is 8. The Bertz CT molecular complexity index is 1320. The first kappa shape index (κ1) is 29.8. The molecule has 2 aromatic carbocycles. The number of rotatable bonds is 13. The van der Waals surface area contributed by atoms with E-state index in [1.165, 1.54) is 5.06 Å². The van der Waals surface area contributed by atoms with E-state index < -0.39 is 23.8 Å². The lowest BCUT2D eigenvalue weighted by molar-refractivity contribution is -0.188. The molecule has 2 amide bonds. The van der Waals surface area contributed by atoms with Crippen LogP contribution >= 0.6 is 0 Å². The summed E-state index contributed by atoms with van der Waals surface area (Å²) in [5.74, 6) is -1.69. The van der Waals surface area contributed by atoms with Crippen LogP contribution in [0.15, 0.2) is 36.4 Å². The van der Waals surface area contributed by atoms with Gasteiger partial charge in [-0.3, -0.25) is 24.1 Å². The van der Waals surface area contributed by atoms with Crippen LogP contribution in [0.4, 0.5) is 0 Å². The Labute approximate surface area is 245 Å². The SMILES string of the molecule is CCCON(CCC)C(=O)CN1C[C@H](c2cc(CO)c3c(c2)OCO3)[C@@H](C(=O)O)[C@@H]1CCN1Cc2ccccc2C1=O. The molecule has 0 radical (unpaired) electrons. The van der Waals surface area contributed by atoms with Gasteiger partial charge < -0.3 is 24.6 Å². The highest BCUT2D eigenvalue weighted by atomic mass is 16.7. The molecule has 2 N–H and O–H groups in total. The van der Waals surface area contributed by atoms with Crippen LogP contribution in [0.2, 0.25) is 0 Å². The summed E-state index contributed by atoms with van der Waals surface area (Å²) in [5.41, 5.74) is 2.85. The number of amides is 2. The Hall–Kier alpha value is -3.67. The molecule has 0 aliphatic carbocycles. The molecule has 0 aromatic heterocycles. The second-order valence-electron chi connectivity index (χ2n) is 11.0. The van der Waals surface area contributed by atoms with Gasteiger partial charge >= 0.3 is 5.97 Å². The number of aliphatic hydroxyl groups excluding tert-OH is 1. The number of benzene rings is 2. The van der Waals surface area contributed by atoms with Crippen LogP contribution in [0.5, 0.6) is 11.5 Å². The Morgan fingerprint density at radius 1 is 1.14 bits per heavy atom. The zero-order valence-electron chi connectivity index (χ0n) is 24.2. The highest BCUT2D eigenvalue weighted by Crippen LogP contribution is 2.44. The molecule has 11 nitrogen and oxygen atoms in total. The van der Waals surface area contributed by atoms with Crippen molar-refractivity contribution in [2.75, 3.05) is 39.6 Å². The summed E-state index contributed by atoms with van der Waals surface area (Å²) in [6.45, 7) is 5.64. The number of ether oxygens (including phenoxy) is 2. The Morgan fingerprint density at radius 3 is 2.67 bits per heavy atom. The first-order valence-electron chi connectivity index (χ1n) is 14.7. The van der Waals surface area contributed by atoms with Gasteiger partial charge in [-0.1, -0.05) is 32.0 Å². The number of likely N-dealkylation sites (tertiary alicyclic amines) is 1. The van der Waals surface area contributed by atoms with E-state index in [1.54, 1.807) is 17.0 Å². The van der Waals surface area contributed by atoms with E-state index in [4.69, 9.17) is 14.3 Å². The second-order valence-corrected chi connectivity index (χ2v) is 11.0. The molecule has 0 unspecified atom stereocenters. The van der Waals surface area contributed by atoms with Crippen LogP contribution in [0, 0.1) is 5.92 Å². The number of carbonyl (C=O) groups is 3. The fourth-order valence-electron chi connectivity index (χ4n) is 6.33. The molecule has 3 aliphatic rings. The fourth-order valence-corrected chi connectivity index (χ4v) is 6.33. The summed E-state index contributed by atoms with van der Waals surface area (Å²) in [7, 11) is 0. The molecule has 5 rings (SSSR count). The first-order valence-corrected chi connectivity index (χ1v) is 14.7. The van der Waals surface area contributed by atoms with Gasteiger partial charge in [0.2, 0.25) is 6.79 Å². The van der Waals surface area contributed by atoms with E-state index >= 15 is 0 Å². The van der Waals surface area contributed by atoms with Gasteiger partial charge in [0, 0.05) is 49.3 Å². The third-order valence-electron chi connectivity index (χ3n) is 8.29. The summed E-state index contributed by atoms with van der Waals surface area (Å²) < 4.78 is 11.1. The van der Waals surface area contributed by atoms with Crippen molar-refractivity contribution in [3.8, 4) is 11.5 Å². The molecule has 1 fully saturated rings. The van der Waals surface area contributed by atoms with Gasteiger partial charge in [0.05, 0.1) is 25.7 Å². The molecule has 42 heavy (non-hydrogen) atoms. The van der Waals surface area contributed by atoms with E-state index in [-0.39, 0.29) is 31.8 Å². The van der Waals surface area contributed by atoms with Crippen LogP contribution in [0.1, 0.15) is 66.1 Å². The largest absolute Gasteiger partial charge is 0.481 e. The number of nitrogens with zero attached hydrogens (tertiary/aromatic N) is 3. The van der Waals surface area contributed by atoms with Gasteiger partial charge in [0.15, 0.2) is 11.5 Å². The standard InChI is InChI=1S/C31H39N3O8/c1-3-10-34(42-12-4-2)27(36)17-33-16-24(21-13-22(18-35)29-26(14-21)40-19-41-29)28(31(38)39)25(33)9-11-32-15-20-7-5-6-8-23(20)30(32)37/h5-8,13-14,24-25,28,35H,3-4,9-12,15-19H2,1-2H3,(H,38,39)/t24-,25+,28-/m1/s1. The summed E-state index contributed by atoms with van der Waals surface area (Å²) >= 11 is 0. The van der Waals surface area contributed by atoms with Crippen molar-refractivity contribution in [3.05, 3.63) is 58.7 Å². The maximum Gasteiger partial charge on any atom is 0.308 e. The summed E-state index contributed by atoms with van der Waals surface area (Å²) in [5, 5.41) is 21.9. The van der Waals surface area contributed by atoms with E-state index in [2.05, 4.69) is 0 Å². The van der Waals surface area contributed by atoms with Gasteiger partial charge in [-0.25, -0.2) is 5.06 Å². The second kappa shape index (κ2) is 13.1. The van der Waals surface area contributed by atoms with E-state index in [0.717, 1.165) is 18.4 Å². The lowest BCUT2D eigenvalue weighted by Crippen LogP contribution is -2.45. The van der Waals surface area contributed by atoms with Crippen molar-refractivity contribution in [3.63, 3.8) is 0 Å². The Kier molecular flexibility index (Phi) is 9.30. The maximum absolute atomic E-state index is 13.5. The quantitative estimate of drug-likeness (QED) is 0.343. The minimum absolute atomic E-state index is 0.0136. The van der Waals surface area contributed by atoms with Crippen LogP contribution in [0.25, 0.3) is 0 Å². The number of carbonyl (C=O) groups excluding carboxylic acids is 2. The highest BCUT2D eigenvalue weighted by molar-refractivity contribution is 5.98. The van der Waals surface area contributed by atoms with Crippen molar-refractivity contribution in [2.45, 2.75) is 58.2 Å². The van der Waals surface area contributed by atoms with Crippen LogP contribution in [-0.2, 0) is 27.6 Å². The molecule has 11 heteroatoms. The lowest BCUT2D eigenvalue weighted by atomic mass is 9.83. The van der Waals surface area contributed by atoms with Crippen molar-refractivity contribution >= 4 is 17.8 Å². The number of hydroxylamine groups is 2. The zero-order chi connectivity index (χ0) is 29.8. The van der Waals surface area contributed by atoms with Crippen molar-refractivity contribution < 1.29 is 38.9 Å². The third-order valence-corrected chi connectivity index (χ3v) is 8.29. The van der Waals surface area contributed by atoms with Gasteiger partial charge in [0.25, 0.3) is 11.8 Å². The van der Waals surface area contributed by atoms with Crippen LogP contribution in [0.3, 0.4) is 0 Å². The van der Waals surface area contributed by atoms with E-state index in [9.17, 15) is 24.6 Å². The summed E-state index contributed by atoms with van der Waals surface area (Å²) in [6.07, 6.45) is 1.85. The minimum atomic E-state index is -0.980. The highest BCUT2D eigenvalue weighted by Gasteiger charge is 2.48. The molecule has 3 aliphatic heterocycles. The van der Waals surface area contributed by atoms with E-state index in [1.807, 2.05) is 43.0 Å². The van der Waals surface area contributed by atoms with Crippen molar-refractivity contribution in [1.82, 2.24) is 14.9 Å². The van der Waals surface area contributed by atoms with Crippen molar-refractivity contribution in [2.24, 2.45) is 5.92 Å². The van der Waals surface area contributed by atoms with Crippen molar-refractivity contribution in [1.29, 1.82) is 0 Å². The molecule has 2 aromatic rings. The molecule has 226 valence electrons. The molecule has 3 heterocycles. The molecular weight excluding hydrogens is 542 g/mol. The number of carboxylic acids is 1. The molecule has 0 spiro atoms. The average Bonchev–Trinajstić information content (AvgIpc) is 3.69. The Balaban J connectivity index is 1.43. The summed E-state index contributed by atoms with van der Waals surface area (Å²) in [4.78, 5) is 48.8.